The monoisotopic (exact) mass is 298 g/mol. The summed E-state index contributed by atoms with van der Waals surface area (Å²) >= 11 is 0. The van der Waals surface area contributed by atoms with E-state index in [1.165, 1.54) is 12.1 Å². The van der Waals surface area contributed by atoms with Crippen LogP contribution in [0.4, 0.5) is 4.39 Å². The van der Waals surface area contributed by atoms with Gasteiger partial charge in [0.25, 0.3) is 0 Å². The molecule has 0 aliphatic rings. The van der Waals surface area contributed by atoms with Gasteiger partial charge in [0.15, 0.2) is 5.78 Å². The molecule has 0 aromatic heterocycles. The van der Waals surface area contributed by atoms with E-state index in [-0.39, 0.29) is 12.0 Å². The summed E-state index contributed by atoms with van der Waals surface area (Å²) in [5.74, 6) is -2.26. The molecule has 0 spiro atoms. The highest BCUT2D eigenvalue weighted by molar-refractivity contribution is 6.41. The number of Topliss-reactive ketones (excluding diaryl/α,β-unsaturated/α-hetero) is 3. The molecule has 0 unspecified atom stereocenters. The Balaban J connectivity index is 1.99. The Labute approximate surface area is 127 Å². The largest absolute Gasteiger partial charge is 0.294 e. The summed E-state index contributed by atoms with van der Waals surface area (Å²) in [6.07, 6.45) is -0.501. The molecule has 0 fully saturated rings. The Morgan fingerprint density at radius 1 is 0.909 bits per heavy atom. The van der Waals surface area contributed by atoms with Crippen LogP contribution in [0.1, 0.15) is 27.9 Å². The van der Waals surface area contributed by atoms with Gasteiger partial charge in [0.2, 0.25) is 11.6 Å². The van der Waals surface area contributed by atoms with E-state index in [1.807, 2.05) is 19.1 Å². The molecule has 0 N–H and O–H groups in total. The summed E-state index contributed by atoms with van der Waals surface area (Å²) in [6, 6.07) is 12.2. The lowest BCUT2D eigenvalue weighted by atomic mass is 9.98. The van der Waals surface area contributed by atoms with E-state index >= 15 is 0 Å². The number of ketones is 3. The van der Waals surface area contributed by atoms with E-state index in [9.17, 15) is 18.8 Å². The van der Waals surface area contributed by atoms with Gasteiger partial charge in [-0.2, -0.15) is 0 Å². The summed E-state index contributed by atoms with van der Waals surface area (Å²) in [5, 5.41) is 0. The maximum Gasteiger partial charge on any atom is 0.206 e. The third-order valence-corrected chi connectivity index (χ3v) is 3.41. The molecule has 3 nitrogen and oxygen atoms in total. The summed E-state index contributed by atoms with van der Waals surface area (Å²) in [6.45, 7) is 1.86. The fourth-order valence-electron chi connectivity index (χ4n) is 2.06. The van der Waals surface area contributed by atoms with Gasteiger partial charge in [-0.1, -0.05) is 24.3 Å². The van der Waals surface area contributed by atoms with Crippen LogP contribution in [0.25, 0.3) is 0 Å². The van der Waals surface area contributed by atoms with Gasteiger partial charge in [-0.25, -0.2) is 4.39 Å². The molecule has 0 radical (unpaired) electrons. The fraction of sp³-hybridized carbons (Fsp3) is 0.167. The van der Waals surface area contributed by atoms with E-state index in [1.54, 1.807) is 12.1 Å². The number of halogens is 1. The summed E-state index contributed by atoms with van der Waals surface area (Å²) in [7, 11) is 0. The Morgan fingerprint density at radius 2 is 1.55 bits per heavy atom. The zero-order valence-corrected chi connectivity index (χ0v) is 12.1. The van der Waals surface area contributed by atoms with Gasteiger partial charge in [0.05, 0.1) is 6.42 Å². The Morgan fingerprint density at radius 3 is 2.18 bits per heavy atom. The minimum atomic E-state index is -0.724. The van der Waals surface area contributed by atoms with E-state index in [0.717, 1.165) is 23.3 Å². The third-order valence-electron chi connectivity index (χ3n) is 3.41. The van der Waals surface area contributed by atoms with Gasteiger partial charge in [-0.05, 0) is 42.3 Å². The van der Waals surface area contributed by atoms with Crippen LogP contribution in [0.3, 0.4) is 0 Å². The lowest BCUT2D eigenvalue weighted by Gasteiger charge is -2.04. The van der Waals surface area contributed by atoms with E-state index in [0.29, 0.717) is 0 Å². The van der Waals surface area contributed by atoms with Crippen LogP contribution in [-0.2, 0) is 16.0 Å². The van der Waals surface area contributed by atoms with E-state index in [4.69, 9.17) is 0 Å². The fourth-order valence-corrected chi connectivity index (χ4v) is 2.06. The van der Waals surface area contributed by atoms with Gasteiger partial charge in [0, 0.05) is 12.0 Å². The first-order valence-electron chi connectivity index (χ1n) is 6.86. The molecule has 0 aliphatic heterocycles. The number of benzene rings is 2. The van der Waals surface area contributed by atoms with Crippen LogP contribution in [-0.4, -0.2) is 17.3 Å². The first kappa shape index (κ1) is 15.8. The van der Waals surface area contributed by atoms with Crippen molar-refractivity contribution in [2.45, 2.75) is 19.8 Å². The molecule has 0 atom stereocenters. The summed E-state index contributed by atoms with van der Waals surface area (Å²) in [4.78, 5) is 35.7. The smallest absolute Gasteiger partial charge is 0.206 e. The van der Waals surface area contributed by atoms with Crippen molar-refractivity contribution in [3.05, 3.63) is 71.0 Å². The minimum Gasteiger partial charge on any atom is -0.294 e. The van der Waals surface area contributed by atoms with E-state index < -0.39 is 29.6 Å². The molecular weight excluding hydrogens is 283 g/mol. The number of hydrogen-bond acceptors (Lipinski definition) is 3. The number of carbonyl (C=O) groups excluding carboxylic acids is 3. The first-order chi connectivity index (χ1) is 10.5. The quantitative estimate of drug-likeness (QED) is 0.468. The van der Waals surface area contributed by atoms with Crippen molar-refractivity contribution < 1.29 is 18.8 Å². The van der Waals surface area contributed by atoms with Crippen LogP contribution in [0.2, 0.25) is 0 Å². The molecule has 4 heteroatoms. The third kappa shape index (κ3) is 3.95. The molecule has 0 aliphatic carbocycles. The average Bonchev–Trinajstić information content (AvgIpc) is 2.50. The number of carbonyl (C=O) groups is 3. The standard InChI is InChI=1S/C18H15FO3/c1-12-4-2-3-5-14(12)10-17(21)18(22)11-16(20)13-6-8-15(19)9-7-13/h2-9H,10-11H2,1H3. The molecule has 22 heavy (non-hydrogen) atoms. The van der Waals surface area contributed by atoms with Crippen LogP contribution >= 0.6 is 0 Å². The molecule has 2 aromatic rings. The van der Waals surface area contributed by atoms with Crippen LogP contribution in [0, 0.1) is 12.7 Å². The molecular formula is C18H15FO3. The predicted molar refractivity (Wildman–Crippen MR) is 80.2 cm³/mol. The van der Waals surface area contributed by atoms with Gasteiger partial charge < -0.3 is 0 Å². The van der Waals surface area contributed by atoms with Crippen molar-refractivity contribution in [1.29, 1.82) is 0 Å². The minimum absolute atomic E-state index is 0.0117. The van der Waals surface area contributed by atoms with Crippen LogP contribution in [0.5, 0.6) is 0 Å². The van der Waals surface area contributed by atoms with Gasteiger partial charge in [-0.15, -0.1) is 0 Å². The van der Waals surface area contributed by atoms with Gasteiger partial charge >= 0.3 is 0 Å². The highest BCUT2D eigenvalue weighted by Gasteiger charge is 2.19. The second-order valence-electron chi connectivity index (χ2n) is 5.06. The van der Waals surface area contributed by atoms with Gasteiger partial charge in [0.1, 0.15) is 5.82 Å². The van der Waals surface area contributed by atoms with E-state index in [2.05, 4.69) is 0 Å². The molecule has 2 rings (SSSR count). The van der Waals surface area contributed by atoms with Crippen molar-refractivity contribution in [3.8, 4) is 0 Å². The lowest BCUT2D eigenvalue weighted by molar-refractivity contribution is -0.135. The second-order valence-corrected chi connectivity index (χ2v) is 5.06. The zero-order valence-electron chi connectivity index (χ0n) is 12.1. The molecule has 0 amide bonds. The Hall–Kier alpha value is -2.62. The second kappa shape index (κ2) is 6.89. The molecule has 112 valence electrons. The SMILES string of the molecule is Cc1ccccc1CC(=O)C(=O)CC(=O)c1ccc(F)cc1. The van der Waals surface area contributed by atoms with Gasteiger partial charge in [-0.3, -0.25) is 14.4 Å². The molecule has 0 heterocycles. The maximum absolute atomic E-state index is 12.8. The molecule has 0 saturated heterocycles. The Kier molecular flexibility index (Phi) is 4.94. The zero-order chi connectivity index (χ0) is 16.1. The first-order valence-corrected chi connectivity index (χ1v) is 6.86. The van der Waals surface area contributed by atoms with Crippen LogP contribution in [0.15, 0.2) is 48.5 Å². The molecule has 2 aromatic carbocycles. The number of hydrogen-bond donors (Lipinski definition) is 0. The van der Waals surface area contributed by atoms with Crippen molar-refractivity contribution >= 4 is 17.3 Å². The predicted octanol–water partition coefficient (Wildman–Crippen LogP) is 3.09. The lowest BCUT2D eigenvalue weighted by Crippen LogP contribution is -2.20. The molecule has 0 bridgehead atoms. The average molecular weight is 298 g/mol. The van der Waals surface area contributed by atoms with Crippen molar-refractivity contribution in [3.63, 3.8) is 0 Å². The maximum atomic E-state index is 12.8. The number of aryl methyl sites for hydroxylation is 1. The summed E-state index contributed by atoms with van der Waals surface area (Å²) < 4.78 is 12.8. The van der Waals surface area contributed by atoms with Crippen molar-refractivity contribution in [1.82, 2.24) is 0 Å². The van der Waals surface area contributed by atoms with Crippen molar-refractivity contribution in [2.75, 3.05) is 0 Å². The summed E-state index contributed by atoms with van der Waals surface area (Å²) in [5.41, 5.74) is 1.92. The van der Waals surface area contributed by atoms with Crippen LogP contribution < -0.4 is 0 Å². The highest BCUT2D eigenvalue weighted by Crippen LogP contribution is 2.10. The highest BCUT2D eigenvalue weighted by atomic mass is 19.1. The Bertz CT molecular complexity index is 717. The van der Waals surface area contributed by atoms with Crippen molar-refractivity contribution in [2.24, 2.45) is 0 Å². The topological polar surface area (TPSA) is 51.2 Å². The molecule has 0 saturated carbocycles. The number of rotatable bonds is 6. The normalized spacial score (nSPS) is 10.3.